The van der Waals surface area contributed by atoms with E-state index in [2.05, 4.69) is 4.98 Å². The Kier molecular flexibility index (Phi) is 2.95. The predicted octanol–water partition coefficient (Wildman–Crippen LogP) is 2.33. The summed E-state index contributed by atoms with van der Waals surface area (Å²) in [6.45, 7) is 0.450. The van der Waals surface area contributed by atoms with E-state index in [1.165, 1.54) is 0 Å². The Morgan fingerprint density at radius 3 is 2.40 bits per heavy atom. The van der Waals surface area contributed by atoms with E-state index in [0.29, 0.717) is 6.54 Å². The highest BCUT2D eigenvalue weighted by molar-refractivity contribution is 5.29. The normalized spacial score (nSPS) is 9.93. The lowest BCUT2D eigenvalue weighted by atomic mass is 10.3. The Morgan fingerprint density at radius 2 is 1.80 bits per heavy atom. The number of hydrogen-bond acceptors (Lipinski definition) is 3. The SMILES string of the molecule is NCc1ccc(Oc2ccccc2)cn1. The summed E-state index contributed by atoms with van der Waals surface area (Å²) in [6.07, 6.45) is 1.68. The van der Waals surface area contributed by atoms with Crippen LogP contribution in [0.4, 0.5) is 0 Å². The molecule has 0 radical (unpaired) electrons. The molecule has 2 aromatic rings. The number of nitrogens with two attached hydrogens (primary N) is 1. The van der Waals surface area contributed by atoms with Gasteiger partial charge in [-0.3, -0.25) is 4.98 Å². The van der Waals surface area contributed by atoms with Gasteiger partial charge in [-0.2, -0.15) is 0 Å². The van der Waals surface area contributed by atoms with Crippen LogP contribution < -0.4 is 10.5 Å². The molecule has 15 heavy (non-hydrogen) atoms. The first-order valence-electron chi connectivity index (χ1n) is 4.76. The number of ether oxygens (including phenoxy) is 1. The molecule has 0 fully saturated rings. The highest BCUT2D eigenvalue weighted by Gasteiger charge is 1.96. The maximum Gasteiger partial charge on any atom is 0.145 e. The molecule has 0 spiro atoms. The van der Waals surface area contributed by atoms with Crippen LogP contribution in [0.3, 0.4) is 0 Å². The van der Waals surface area contributed by atoms with Crippen molar-refractivity contribution in [2.24, 2.45) is 5.73 Å². The molecule has 0 bridgehead atoms. The molecule has 3 heteroatoms. The van der Waals surface area contributed by atoms with Gasteiger partial charge in [-0.25, -0.2) is 0 Å². The number of rotatable bonds is 3. The summed E-state index contributed by atoms with van der Waals surface area (Å²) in [6, 6.07) is 13.3. The van der Waals surface area contributed by atoms with Gasteiger partial charge in [0.05, 0.1) is 11.9 Å². The number of benzene rings is 1. The molecule has 76 valence electrons. The van der Waals surface area contributed by atoms with Gasteiger partial charge < -0.3 is 10.5 Å². The monoisotopic (exact) mass is 200 g/mol. The Labute approximate surface area is 88.5 Å². The standard InChI is InChI=1S/C12H12N2O/c13-8-10-6-7-12(9-14-10)15-11-4-2-1-3-5-11/h1-7,9H,8,13H2. The van der Waals surface area contributed by atoms with Crippen LogP contribution in [-0.4, -0.2) is 4.98 Å². The largest absolute Gasteiger partial charge is 0.456 e. The van der Waals surface area contributed by atoms with Gasteiger partial charge in [0, 0.05) is 6.54 Å². The summed E-state index contributed by atoms with van der Waals surface area (Å²) >= 11 is 0. The van der Waals surface area contributed by atoms with Gasteiger partial charge in [-0.15, -0.1) is 0 Å². The van der Waals surface area contributed by atoms with Crippen LogP contribution in [0.5, 0.6) is 11.5 Å². The van der Waals surface area contributed by atoms with Gasteiger partial charge in [-0.05, 0) is 24.3 Å². The Hall–Kier alpha value is -1.87. The minimum Gasteiger partial charge on any atom is -0.456 e. The molecule has 0 saturated heterocycles. The maximum absolute atomic E-state index is 5.57. The van der Waals surface area contributed by atoms with Crippen LogP contribution in [0, 0.1) is 0 Å². The van der Waals surface area contributed by atoms with Crippen LogP contribution in [0.2, 0.25) is 0 Å². The van der Waals surface area contributed by atoms with Crippen LogP contribution in [0.15, 0.2) is 48.7 Å². The summed E-state index contributed by atoms with van der Waals surface area (Å²) in [4.78, 5) is 4.14. The van der Waals surface area contributed by atoms with Crippen molar-refractivity contribution in [3.05, 3.63) is 54.4 Å². The van der Waals surface area contributed by atoms with Crippen molar-refractivity contribution >= 4 is 0 Å². The minimum atomic E-state index is 0.450. The summed E-state index contributed by atoms with van der Waals surface area (Å²) in [5.41, 5.74) is 6.31. The third kappa shape index (κ3) is 2.54. The molecule has 0 amide bonds. The summed E-state index contributed by atoms with van der Waals surface area (Å²) < 4.78 is 5.57. The molecule has 1 aromatic heterocycles. The molecular weight excluding hydrogens is 188 g/mol. The summed E-state index contributed by atoms with van der Waals surface area (Å²) in [5.74, 6) is 1.53. The van der Waals surface area contributed by atoms with Gasteiger partial charge in [0.1, 0.15) is 11.5 Å². The zero-order chi connectivity index (χ0) is 10.5. The number of para-hydroxylation sites is 1. The van der Waals surface area contributed by atoms with Gasteiger partial charge in [0.25, 0.3) is 0 Å². The Bertz CT molecular complexity index is 411. The second-order valence-electron chi connectivity index (χ2n) is 3.10. The second-order valence-corrected chi connectivity index (χ2v) is 3.10. The van der Waals surface area contributed by atoms with Crippen LogP contribution >= 0.6 is 0 Å². The van der Waals surface area contributed by atoms with Gasteiger partial charge in [-0.1, -0.05) is 18.2 Å². The Balaban J connectivity index is 2.11. The molecule has 0 aliphatic rings. The third-order valence-corrected chi connectivity index (χ3v) is 1.99. The van der Waals surface area contributed by atoms with Gasteiger partial charge in [0.2, 0.25) is 0 Å². The zero-order valence-electron chi connectivity index (χ0n) is 8.26. The fourth-order valence-corrected chi connectivity index (χ4v) is 1.22. The van der Waals surface area contributed by atoms with Crippen molar-refractivity contribution in [3.8, 4) is 11.5 Å². The third-order valence-electron chi connectivity index (χ3n) is 1.99. The summed E-state index contributed by atoms with van der Waals surface area (Å²) in [7, 11) is 0. The van der Waals surface area contributed by atoms with E-state index in [-0.39, 0.29) is 0 Å². The van der Waals surface area contributed by atoms with Crippen molar-refractivity contribution in [1.29, 1.82) is 0 Å². The van der Waals surface area contributed by atoms with E-state index in [1.54, 1.807) is 6.20 Å². The van der Waals surface area contributed by atoms with Crippen molar-refractivity contribution in [3.63, 3.8) is 0 Å². The van der Waals surface area contributed by atoms with Crippen molar-refractivity contribution in [2.75, 3.05) is 0 Å². The number of pyridine rings is 1. The minimum absolute atomic E-state index is 0.450. The molecule has 2 N–H and O–H groups in total. The molecule has 0 saturated carbocycles. The van der Waals surface area contributed by atoms with E-state index in [1.807, 2.05) is 42.5 Å². The van der Waals surface area contributed by atoms with Crippen molar-refractivity contribution in [1.82, 2.24) is 4.98 Å². The number of nitrogens with zero attached hydrogens (tertiary/aromatic N) is 1. The highest BCUT2D eigenvalue weighted by Crippen LogP contribution is 2.19. The lowest BCUT2D eigenvalue weighted by Crippen LogP contribution is -1.98. The topological polar surface area (TPSA) is 48.1 Å². The molecule has 0 aliphatic carbocycles. The molecule has 0 aliphatic heterocycles. The summed E-state index contributed by atoms with van der Waals surface area (Å²) in [5, 5.41) is 0. The Morgan fingerprint density at radius 1 is 1.00 bits per heavy atom. The zero-order valence-corrected chi connectivity index (χ0v) is 8.26. The maximum atomic E-state index is 5.57. The molecule has 1 heterocycles. The van der Waals surface area contributed by atoms with Crippen LogP contribution in [-0.2, 0) is 6.54 Å². The molecular formula is C12H12N2O. The van der Waals surface area contributed by atoms with Crippen LogP contribution in [0.25, 0.3) is 0 Å². The lowest BCUT2D eigenvalue weighted by Gasteiger charge is -2.04. The first-order valence-corrected chi connectivity index (χ1v) is 4.76. The van der Waals surface area contributed by atoms with Gasteiger partial charge in [0.15, 0.2) is 0 Å². The first-order chi connectivity index (χ1) is 7.38. The lowest BCUT2D eigenvalue weighted by molar-refractivity contribution is 0.480. The highest BCUT2D eigenvalue weighted by atomic mass is 16.5. The van der Waals surface area contributed by atoms with Crippen molar-refractivity contribution < 1.29 is 4.74 Å². The van der Waals surface area contributed by atoms with E-state index >= 15 is 0 Å². The number of aromatic nitrogens is 1. The van der Waals surface area contributed by atoms with Gasteiger partial charge >= 0.3 is 0 Å². The molecule has 3 nitrogen and oxygen atoms in total. The van der Waals surface area contributed by atoms with E-state index in [0.717, 1.165) is 17.2 Å². The number of hydrogen-bond donors (Lipinski definition) is 1. The van der Waals surface area contributed by atoms with Crippen LogP contribution in [0.1, 0.15) is 5.69 Å². The quantitative estimate of drug-likeness (QED) is 0.827. The van der Waals surface area contributed by atoms with Crippen molar-refractivity contribution in [2.45, 2.75) is 6.54 Å². The fourth-order valence-electron chi connectivity index (χ4n) is 1.22. The molecule has 0 unspecified atom stereocenters. The predicted molar refractivity (Wildman–Crippen MR) is 58.6 cm³/mol. The average Bonchev–Trinajstić information content (AvgIpc) is 2.31. The smallest absolute Gasteiger partial charge is 0.145 e. The molecule has 2 rings (SSSR count). The first kappa shape index (κ1) is 9.68. The molecule has 1 aromatic carbocycles. The van der Waals surface area contributed by atoms with E-state index in [4.69, 9.17) is 10.5 Å². The van der Waals surface area contributed by atoms with E-state index < -0.39 is 0 Å². The average molecular weight is 200 g/mol. The van der Waals surface area contributed by atoms with E-state index in [9.17, 15) is 0 Å². The fraction of sp³-hybridized carbons (Fsp3) is 0.0833. The second kappa shape index (κ2) is 4.57. The molecule has 0 atom stereocenters.